The molecular formula is C38H54O3S. The van der Waals surface area contributed by atoms with Crippen LogP contribution in [0.2, 0.25) is 0 Å². The number of unbranched alkanes of at least 4 members (excludes halogenated alkanes) is 8. The van der Waals surface area contributed by atoms with Crippen LogP contribution >= 0.6 is 0 Å². The van der Waals surface area contributed by atoms with Gasteiger partial charge in [-0.1, -0.05) is 160 Å². The summed E-state index contributed by atoms with van der Waals surface area (Å²) >= 11 is 0. The van der Waals surface area contributed by atoms with Crippen LogP contribution in [0.3, 0.4) is 0 Å². The maximum atomic E-state index is 11.6. The summed E-state index contributed by atoms with van der Waals surface area (Å²) in [5.41, 5.74) is 6.66. The first-order chi connectivity index (χ1) is 19.8. The van der Waals surface area contributed by atoms with E-state index in [4.69, 9.17) is 0 Å². The fourth-order valence-corrected chi connectivity index (χ4v) is 6.57. The van der Waals surface area contributed by atoms with E-state index >= 15 is 0 Å². The molecular weight excluding hydrogens is 536 g/mol. The Labute approximate surface area is 256 Å². The van der Waals surface area contributed by atoms with Crippen molar-refractivity contribution < 1.29 is 13.0 Å². The molecule has 0 heterocycles. The van der Waals surface area contributed by atoms with Crippen LogP contribution in [-0.2, 0) is 27.4 Å². The van der Waals surface area contributed by atoms with Crippen molar-refractivity contribution in [2.75, 3.05) is 0 Å². The molecule has 4 heteroatoms. The van der Waals surface area contributed by atoms with Crippen molar-refractivity contribution in [3.63, 3.8) is 0 Å². The van der Waals surface area contributed by atoms with E-state index in [9.17, 15) is 13.0 Å². The zero-order valence-corrected chi connectivity index (χ0v) is 27.8. The monoisotopic (exact) mass is 590 g/mol. The number of benzene rings is 3. The molecule has 1 N–H and O–H groups in total. The van der Waals surface area contributed by atoms with Crippen molar-refractivity contribution >= 4 is 10.1 Å². The second kappa shape index (κ2) is 15.3. The van der Waals surface area contributed by atoms with Gasteiger partial charge in [-0.25, -0.2) is 0 Å². The summed E-state index contributed by atoms with van der Waals surface area (Å²) in [6.45, 7) is 13.7. The Kier molecular flexibility index (Phi) is 12.4. The van der Waals surface area contributed by atoms with Gasteiger partial charge in [-0.05, 0) is 64.0 Å². The van der Waals surface area contributed by atoms with E-state index in [0.717, 1.165) is 12.8 Å². The second-order valence-electron chi connectivity index (χ2n) is 14.1. The van der Waals surface area contributed by atoms with Crippen LogP contribution in [-0.4, -0.2) is 13.0 Å². The highest BCUT2D eigenvalue weighted by atomic mass is 32.2. The highest BCUT2D eigenvalue weighted by molar-refractivity contribution is 7.85. The topological polar surface area (TPSA) is 54.4 Å². The molecule has 3 aromatic rings. The van der Waals surface area contributed by atoms with Crippen molar-refractivity contribution in [2.24, 2.45) is 0 Å². The van der Waals surface area contributed by atoms with Gasteiger partial charge in [0.15, 0.2) is 0 Å². The normalized spacial score (nSPS) is 12.7. The van der Waals surface area contributed by atoms with Gasteiger partial charge in [-0.3, -0.25) is 4.55 Å². The van der Waals surface area contributed by atoms with Crippen LogP contribution in [0.25, 0.3) is 0 Å². The molecule has 3 aromatic carbocycles. The Bertz CT molecular complexity index is 1270. The van der Waals surface area contributed by atoms with Crippen LogP contribution in [0, 0.1) is 0 Å². The summed E-state index contributed by atoms with van der Waals surface area (Å²) in [5.74, 6) is 0.430. The molecule has 0 aliphatic carbocycles. The van der Waals surface area contributed by atoms with Crippen LogP contribution in [0.1, 0.15) is 139 Å². The molecule has 0 unspecified atom stereocenters. The van der Waals surface area contributed by atoms with Gasteiger partial charge in [0.05, 0.1) is 4.90 Å². The molecule has 230 valence electrons. The third kappa shape index (κ3) is 10.7. The molecule has 0 atom stereocenters. The van der Waals surface area contributed by atoms with Crippen molar-refractivity contribution in [3.8, 4) is 0 Å². The Morgan fingerprint density at radius 1 is 0.571 bits per heavy atom. The lowest BCUT2D eigenvalue weighted by atomic mass is 9.81. The van der Waals surface area contributed by atoms with Crippen molar-refractivity contribution in [1.82, 2.24) is 0 Å². The van der Waals surface area contributed by atoms with Crippen LogP contribution in [0.15, 0.2) is 77.7 Å². The summed E-state index contributed by atoms with van der Waals surface area (Å²) in [6, 6.07) is 25.5. The summed E-state index contributed by atoms with van der Waals surface area (Å²) in [6.07, 6.45) is 12.6. The molecule has 0 aliphatic heterocycles. The van der Waals surface area contributed by atoms with Crippen molar-refractivity contribution in [2.45, 2.75) is 134 Å². The largest absolute Gasteiger partial charge is 0.294 e. The SMILES string of the molecule is CC(C)(C)c1ccc(C(CCCCCCCCCCCc2ccccc2S(=O)(=O)O)c2ccc(C(C)(C)C)cc2)cc1. The molecule has 0 radical (unpaired) electrons. The van der Waals surface area contributed by atoms with Gasteiger partial charge >= 0.3 is 0 Å². The summed E-state index contributed by atoms with van der Waals surface area (Å²) in [4.78, 5) is 0.0519. The molecule has 3 rings (SSSR count). The summed E-state index contributed by atoms with van der Waals surface area (Å²) in [5, 5.41) is 0. The number of hydrogen-bond acceptors (Lipinski definition) is 2. The average molecular weight is 591 g/mol. The minimum Gasteiger partial charge on any atom is -0.282 e. The highest BCUT2D eigenvalue weighted by Gasteiger charge is 2.19. The third-order valence-electron chi connectivity index (χ3n) is 8.55. The van der Waals surface area contributed by atoms with Crippen molar-refractivity contribution in [3.05, 3.63) is 101 Å². The third-order valence-corrected chi connectivity index (χ3v) is 9.50. The van der Waals surface area contributed by atoms with Gasteiger partial charge in [0.2, 0.25) is 0 Å². The fourth-order valence-electron chi connectivity index (χ4n) is 5.82. The number of hydrogen-bond donors (Lipinski definition) is 1. The zero-order valence-electron chi connectivity index (χ0n) is 27.0. The maximum Gasteiger partial charge on any atom is 0.294 e. The van der Waals surface area contributed by atoms with Gasteiger partial charge < -0.3 is 0 Å². The smallest absolute Gasteiger partial charge is 0.282 e. The molecule has 0 bridgehead atoms. The molecule has 0 saturated heterocycles. The van der Waals surface area contributed by atoms with Gasteiger partial charge in [-0.15, -0.1) is 0 Å². The molecule has 0 aromatic heterocycles. The second-order valence-corrected chi connectivity index (χ2v) is 15.5. The van der Waals surface area contributed by atoms with E-state index < -0.39 is 10.1 Å². The van der Waals surface area contributed by atoms with E-state index in [-0.39, 0.29) is 15.7 Å². The Hall–Kier alpha value is -2.43. The molecule has 42 heavy (non-hydrogen) atoms. The quantitative estimate of drug-likeness (QED) is 0.141. The Morgan fingerprint density at radius 3 is 1.40 bits per heavy atom. The van der Waals surface area contributed by atoms with E-state index in [2.05, 4.69) is 90.1 Å². The minimum absolute atomic E-state index is 0.0519. The Balaban J connectivity index is 1.42. The summed E-state index contributed by atoms with van der Waals surface area (Å²) in [7, 11) is -4.15. The highest BCUT2D eigenvalue weighted by Crippen LogP contribution is 2.34. The molecule has 0 saturated carbocycles. The lowest BCUT2D eigenvalue weighted by Gasteiger charge is -2.24. The van der Waals surface area contributed by atoms with E-state index in [1.54, 1.807) is 12.1 Å². The standard InChI is InChI=1S/C38H54O3S/c1-37(2,3)33-26-22-30(23-27-33)35(31-24-28-34(29-25-31)38(4,5)6)20-15-13-11-9-7-8-10-12-14-18-32-19-16-17-21-36(32)42(39,40)41/h16-17,19,21-29,35H,7-15,18,20H2,1-6H3,(H,39,40,41). The molecule has 0 spiro atoms. The molecule has 3 nitrogen and oxygen atoms in total. The first kappa shape index (κ1) is 34.1. The lowest BCUT2D eigenvalue weighted by molar-refractivity contribution is 0.481. The van der Waals surface area contributed by atoms with Gasteiger partial charge in [0.25, 0.3) is 10.1 Å². The average Bonchev–Trinajstić information content (AvgIpc) is 2.93. The van der Waals surface area contributed by atoms with Gasteiger partial charge in [0.1, 0.15) is 0 Å². The molecule has 0 aliphatic rings. The Morgan fingerprint density at radius 2 is 0.976 bits per heavy atom. The fraction of sp³-hybridized carbons (Fsp3) is 0.526. The minimum atomic E-state index is -4.15. The first-order valence-electron chi connectivity index (χ1n) is 16.0. The van der Waals surface area contributed by atoms with Crippen molar-refractivity contribution in [1.29, 1.82) is 0 Å². The molecule has 0 amide bonds. The van der Waals surface area contributed by atoms with E-state index in [0.29, 0.717) is 17.9 Å². The van der Waals surface area contributed by atoms with Gasteiger partial charge in [0, 0.05) is 5.92 Å². The van der Waals surface area contributed by atoms with Crippen LogP contribution in [0.5, 0.6) is 0 Å². The van der Waals surface area contributed by atoms with E-state index in [1.165, 1.54) is 79.7 Å². The maximum absolute atomic E-state index is 11.6. The van der Waals surface area contributed by atoms with Crippen LogP contribution in [0.4, 0.5) is 0 Å². The van der Waals surface area contributed by atoms with E-state index in [1.807, 2.05) is 6.07 Å². The number of aryl methyl sites for hydroxylation is 1. The van der Waals surface area contributed by atoms with Crippen LogP contribution < -0.4 is 0 Å². The predicted octanol–water partition coefficient (Wildman–Crippen LogP) is 10.8. The summed E-state index contributed by atoms with van der Waals surface area (Å²) < 4.78 is 32.5. The van der Waals surface area contributed by atoms with Gasteiger partial charge in [-0.2, -0.15) is 8.42 Å². The number of rotatable bonds is 15. The first-order valence-corrected chi connectivity index (χ1v) is 17.5. The molecule has 0 fully saturated rings. The predicted molar refractivity (Wildman–Crippen MR) is 178 cm³/mol. The lowest BCUT2D eigenvalue weighted by Crippen LogP contribution is -2.12. The zero-order chi connectivity index (χ0) is 30.8.